The first kappa shape index (κ1) is 17.2. The van der Waals surface area contributed by atoms with Gasteiger partial charge in [-0.1, -0.05) is 17.7 Å². The number of hydrogen-bond acceptors (Lipinski definition) is 2. The van der Waals surface area contributed by atoms with Crippen LogP contribution in [0.5, 0.6) is 0 Å². The predicted molar refractivity (Wildman–Crippen MR) is 90.7 cm³/mol. The van der Waals surface area contributed by atoms with E-state index in [1.165, 1.54) is 47.4 Å². The fraction of sp³-hybridized carbons (Fsp3) is 0.176. The van der Waals surface area contributed by atoms with Crippen molar-refractivity contribution in [3.05, 3.63) is 59.1 Å². The van der Waals surface area contributed by atoms with Gasteiger partial charge in [-0.3, -0.25) is 4.79 Å². The van der Waals surface area contributed by atoms with Crippen molar-refractivity contribution in [2.24, 2.45) is 0 Å². The molecule has 0 radical (unpaired) electrons. The van der Waals surface area contributed by atoms with Crippen LogP contribution in [0.25, 0.3) is 0 Å². The van der Waals surface area contributed by atoms with E-state index in [1.54, 1.807) is 0 Å². The van der Waals surface area contributed by atoms with Gasteiger partial charge in [0.15, 0.2) is 5.82 Å². The number of benzene rings is 2. The fourth-order valence-electron chi connectivity index (χ4n) is 2.61. The standard InChI is InChI=1S/C17H14ClF2N3O2/c18-12-2-1-3-13(15(12)20)21-17(25)22-14-8-9-23(16(14)24)11-6-4-10(19)5-7-11/h1-7,14H,8-9H2,(H2,21,22,25). The number of rotatable bonds is 3. The monoisotopic (exact) mass is 365 g/mol. The minimum atomic E-state index is -0.745. The highest BCUT2D eigenvalue weighted by Gasteiger charge is 2.33. The van der Waals surface area contributed by atoms with Gasteiger partial charge in [-0.2, -0.15) is 0 Å². The summed E-state index contributed by atoms with van der Waals surface area (Å²) in [7, 11) is 0. The molecule has 0 bridgehead atoms. The Balaban J connectivity index is 1.63. The molecule has 1 atom stereocenters. The third-order valence-corrected chi connectivity index (χ3v) is 4.14. The average molecular weight is 366 g/mol. The Hall–Kier alpha value is -2.67. The molecule has 2 aromatic carbocycles. The molecule has 2 aromatic rings. The number of anilines is 2. The van der Waals surface area contributed by atoms with Crippen molar-refractivity contribution in [2.75, 3.05) is 16.8 Å². The van der Waals surface area contributed by atoms with Crippen LogP contribution in [0.15, 0.2) is 42.5 Å². The molecule has 0 spiro atoms. The summed E-state index contributed by atoms with van der Waals surface area (Å²) in [4.78, 5) is 25.9. The van der Waals surface area contributed by atoms with E-state index in [-0.39, 0.29) is 16.6 Å². The largest absolute Gasteiger partial charge is 0.326 e. The molecule has 0 aromatic heterocycles. The molecule has 1 unspecified atom stereocenters. The van der Waals surface area contributed by atoms with E-state index in [0.717, 1.165) is 0 Å². The zero-order chi connectivity index (χ0) is 18.0. The molecule has 1 heterocycles. The van der Waals surface area contributed by atoms with Crippen molar-refractivity contribution in [1.29, 1.82) is 0 Å². The number of carbonyl (C=O) groups excluding carboxylic acids is 2. The van der Waals surface area contributed by atoms with Gasteiger partial charge in [0.2, 0.25) is 5.91 Å². The molecule has 1 fully saturated rings. The van der Waals surface area contributed by atoms with Gasteiger partial charge in [0.05, 0.1) is 10.7 Å². The van der Waals surface area contributed by atoms with Gasteiger partial charge in [0, 0.05) is 12.2 Å². The molecule has 25 heavy (non-hydrogen) atoms. The summed E-state index contributed by atoms with van der Waals surface area (Å²) >= 11 is 5.65. The third-order valence-electron chi connectivity index (χ3n) is 3.85. The number of nitrogens with one attached hydrogen (secondary N) is 2. The molecular formula is C17H14ClF2N3O2. The minimum absolute atomic E-state index is 0.0779. The molecule has 1 saturated heterocycles. The second-order valence-electron chi connectivity index (χ2n) is 5.51. The summed E-state index contributed by atoms with van der Waals surface area (Å²) in [6, 6.07) is 8.29. The highest BCUT2D eigenvalue weighted by molar-refractivity contribution is 6.31. The first-order chi connectivity index (χ1) is 12.0. The minimum Gasteiger partial charge on any atom is -0.326 e. The third kappa shape index (κ3) is 3.71. The quantitative estimate of drug-likeness (QED) is 0.873. The average Bonchev–Trinajstić information content (AvgIpc) is 2.93. The van der Waals surface area contributed by atoms with Crippen LogP contribution in [0, 0.1) is 11.6 Å². The number of nitrogens with zero attached hydrogens (tertiary/aromatic N) is 1. The maximum absolute atomic E-state index is 13.8. The summed E-state index contributed by atoms with van der Waals surface area (Å²) < 4.78 is 26.8. The van der Waals surface area contributed by atoms with Crippen LogP contribution >= 0.6 is 11.6 Å². The normalized spacial score (nSPS) is 16.8. The van der Waals surface area contributed by atoms with E-state index in [0.29, 0.717) is 18.7 Å². The molecule has 3 amide bonds. The van der Waals surface area contributed by atoms with Crippen LogP contribution in [0.3, 0.4) is 0 Å². The van der Waals surface area contributed by atoms with Gasteiger partial charge in [0.25, 0.3) is 0 Å². The Morgan fingerprint density at radius 3 is 2.60 bits per heavy atom. The Morgan fingerprint density at radius 1 is 1.16 bits per heavy atom. The molecule has 1 aliphatic rings. The second-order valence-corrected chi connectivity index (χ2v) is 5.91. The molecule has 8 heteroatoms. The van der Waals surface area contributed by atoms with Crippen molar-refractivity contribution >= 4 is 34.9 Å². The zero-order valence-electron chi connectivity index (χ0n) is 12.9. The summed E-state index contributed by atoms with van der Waals surface area (Å²) in [6.07, 6.45) is 0.391. The molecule has 2 N–H and O–H groups in total. The number of urea groups is 1. The highest BCUT2D eigenvalue weighted by atomic mass is 35.5. The van der Waals surface area contributed by atoms with E-state index in [2.05, 4.69) is 10.6 Å². The van der Waals surface area contributed by atoms with Gasteiger partial charge in [-0.15, -0.1) is 0 Å². The smallest absolute Gasteiger partial charge is 0.319 e. The SMILES string of the molecule is O=C(Nc1cccc(Cl)c1F)NC1CCN(c2ccc(F)cc2)C1=O. The van der Waals surface area contributed by atoms with E-state index >= 15 is 0 Å². The Morgan fingerprint density at radius 2 is 1.88 bits per heavy atom. The summed E-state index contributed by atoms with van der Waals surface area (Å²) in [5.41, 5.74) is 0.475. The lowest BCUT2D eigenvalue weighted by Crippen LogP contribution is -2.43. The lowest BCUT2D eigenvalue weighted by Gasteiger charge is -2.17. The Bertz CT molecular complexity index is 814. The maximum atomic E-state index is 13.8. The predicted octanol–water partition coefficient (Wildman–Crippen LogP) is 3.55. The molecule has 3 rings (SSSR count). The van der Waals surface area contributed by atoms with Crippen molar-refractivity contribution in [3.63, 3.8) is 0 Å². The van der Waals surface area contributed by atoms with Crippen molar-refractivity contribution in [2.45, 2.75) is 12.5 Å². The molecule has 130 valence electrons. The van der Waals surface area contributed by atoms with Crippen LogP contribution in [0.1, 0.15) is 6.42 Å². The van der Waals surface area contributed by atoms with Gasteiger partial charge < -0.3 is 15.5 Å². The maximum Gasteiger partial charge on any atom is 0.319 e. The van der Waals surface area contributed by atoms with E-state index in [9.17, 15) is 18.4 Å². The van der Waals surface area contributed by atoms with E-state index in [1.807, 2.05) is 0 Å². The molecule has 5 nitrogen and oxygen atoms in total. The molecule has 0 saturated carbocycles. The zero-order valence-corrected chi connectivity index (χ0v) is 13.7. The van der Waals surface area contributed by atoms with Crippen LogP contribution in [0.4, 0.5) is 25.0 Å². The molecular weight excluding hydrogens is 352 g/mol. The van der Waals surface area contributed by atoms with Crippen LogP contribution in [0.2, 0.25) is 5.02 Å². The Labute approximate surface area is 147 Å². The van der Waals surface area contributed by atoms with Gasteiger partial charge >= 0.3 is 6.03 Å². The number of halogens is 3. The summed E-state index contributed by atoms with van der Waals surface area (Å²) in [6.45, 7) is 0.390. The van der Waals surface area contributed by atoms with E-state index in [4.69, 9.17) is 11.6 Å². The number of carbonyl (C=O) groups is 2. The summed E-state index contributed by atoms with van der Waals surface area (Å²) in [5.74, 6) is -1.45. The van der Waals surface area contributed by atoms with Gasteiger partial charge in [-0.05, 0) is 42.8 Å². The summed E-state index contributed by atoms with van der Waals surface area (Å²) in [5, 5.41) is 4.73. The van der Waals surface area contributed by atoms with Crippen molar-refractivity contribution in [1.82, 2.24) is 5.32 Å². The number of amides is 3. The first-order valence-corrected chi connectivity index (χ1v) is 7.92. The van der Waals surface area contributed by atoms with Crippen LogP contribution < -0.4 is 15.5 Å². The van der Waals surface area contributed by atoms with E-state index < -0.39 is 23.7 Å². The number of hydrogen-bond donors (Lipinski definition) is 2. The fourth-order valence-corrected chi connectivity index (χ4v) is 2.78. The van der Waals surface area contributed by atoms with Crippen molar-refractivity contribution < 1.29 is 18.4 Å². The van der Waals surface area contributed by atoms with Gasteiger partial charge in [-0.25, -0.2) is 13.6 Å². The van der Waals surface area contributed by atoms with Crippen LogP contribution in [-0.4, -0.2) is 24.5 Å². The second kappa shape index (κ2) is 7.06. The lowest BCUT2D eigenvalue weighted by molar-refractivity contribution is -0.118. The lowest BCUT2D eigenvalue weighted by atomic mass is 10.2. The van der Waals surface area contributed by atoms with Crippen molar-refractivity contribution in [3.8, 4) is 0 Å². The van der Waals surface area contributed by atoms with Gasteiger partial charge in [0.1, 0.15) is 11.9 Å². The van der Waals surface area contributed by atoms with Crippen LogP contribution in [-0.2, 0) is 4.79 Å². The topological polar surface area (TPSA) is 61.4 Å². The molecule has 1 aliphatic heterocycles. The Kier molecular flexibility index (Phi) is 4.85. The first-order valence-electron chi connectivity index (χ1n) is 7.54. The molecule has 0 aliphatic carbocycles. The highest BCUT2D eigenvalue weighted by Crippen LogP contribution is 2.23.